The van der Waals surface area contributed by atoms with Gasteiger partial charge in [0.25, 0.3) is 5.91 Å². The Kier molecular flexibility index (Phi) is 9.97. The zero-order chi connectivity index (χ0) is 23.6. The van der Waals surface area contributed by atoms with Crippen LogP contribution in [0.15, 0.2) is 12.1 Å². The van der Waals surface area contributed by atoms with Gasteiger partial charge in [-0.3, -0.25) is 10.2 Å². The van der Waals surface area contributed by atoms with Gasteiger partial charge in [-0.1, -0.05) is 39.5 Å². The molecule has 3 heterocycles. The Morgan fingerprint density at radius 1 is 1.12 bits per heavy atom. The zero-order valence-electron chi connectivity index (χ0n) is 21.0. The summed E-state index contributed by atoms with van der Waals surface area (Å²) in [6, 6.07) is 3.99. The van der Waals surface area contributed by atoms with Gasteiger partial charge in [0.05, 0.1) is 0 Å². The second-order valence-corrected chi connectivity index (χ2v) is 9.89. The quantitative estimate of drug-likeness (QED) is 0.483. The Morgan fingerprint density at radius 2 is 1.79 bits per heavy atom. The summed E-state index contributed by atoms with van der Waals surface area (Å²) in [6.45, 7) is 9.77. The third-order valence-corrected chi connectivity index (χ3v) is 7.07. The molecule has 7 heteroatoms. The molecule has 0 radical (unpaired) electrons. The van der Waals surface area contributed by atoms with Crippen LogP contribution in [0.4, 0.5) is 11.6 Å². The summed E-state index contributed by atoms with van der Waals surface area (Å²) in [5.41, 5.74) is 0.557. The summed E-state index contributed by atoms with van der Waals surface area (Å²) in [7, 11) is 1.81. The van der Waals surface area contributed by atoms with Gasteiger partial charge >= 0.3 is 0 Å². The standard InChI is InChI=1S/C26H44N6O/c1-4-10-20(2)19-31-17-13-21(14-18-31)29-26(33)24(27)22-11-12-23(30-25(22)28-3)32-15-8-6-5-7-9-16-32/h11-12,20-21,27H,4-10,13-19H2,1-3H3,(H,28,30)(H,29,33). The Hall–Kier alpha value is -2.15. The summed E-state index contributed by atoms with van der Waals surface area (Å²) >= 11 is 0. The van der Waals surface area contributed by atoms with Crippen molar-refractivity contribution >= 4 is 23.3 Å². The van der Waals surface area contributed by atoms with Crippen LogP contribution in [0.1, 0.15) is 77.2 Å². The third kappa shape index (κ3) is 7.42. The topological polar surface area (TPSA) is 84.4 Å². The van der Waals surface area contributed by atoms with Gasteiger partial charge in [-0.25, -0.2) is 4.98 Å². The first-order valence-electron chi connectivity index (χ1n) is 13.1. The molecule has 0 aromatic carbocycles. The van der Waals surface area contributed by atoms with Crippen molar-refractivity contribution in [1.82, 2.24) is 15.2 Å². The van der Waals surface area contributed by atoms with Gasteiger partial charge in [0.2, 0.25) is 0 Å². The maximum atomic E-state index is 12.9. The van der Waals surface area contributed by atoms with E-state index >= 15 is 0 Å². The van der Waals surface area contributed by atoms with Gasteiger partial charge in [0.15, 0.2) is 0 Å². The van der Waals surface area contributed by atoms with Crippen molar-refractivity contribution in [2.45, 2.75) is 77.7 Å². The first-order chi connectivity index (χ1) is 16.0. The van der Waals surface area contributed by atoms with Gasteiger partial charge < -0.3 is 20.4 Å². The Morgan fingerprint density at radius 3 is 2.42 bits per heavy atom. The van der Waals surface area contributed by atoms with E-state index in [1.54, 1.807) is 0 Å². The van der Waals surface area contributed by atoms with E-state index in [4.69, 9.17) is 10.4 Å². The van der Waals surface area contributed by atoms with E-state index < -0.39 is 0 Å². The lowest BCUT2D eigenvalue weighted by atomic mass is 10.0. The van der Waals surface area contributed by atoms with Crippen LogP contribution in [0.25, 0.3) is 0 Å². The zero-order valence-corrected chi connectivity index (χ0v) is 21.0. The van der Waals surface area contributed by atoms with Crippen molar-refractivity contribution in [2.75, 3.05) is 50.0 Å². The van der Waals surface area contributed by atoms with Crippen LogP contribution in [0.3, 0.4) is 0 Å². The number of amides is 1. The van der Waals surface area contributed by atoms with E-state index in [1.807, 2.05) is 19.2 Å². The fourth-order valence-electron chi connectivity index (χ4n) is 5.16. The lowest BCUT2D eigenvalue weighted by molar-refractivity contribution is -0.115. The van der Waals surface area contributed by atoms with Crippen LogP contribution in [-0.2, 0) is 4.79 Å². The Balaban J connectivity index is 1.56. The van der Waals surface area contributed by atoms with Crippen molar-refractivity contribution < 1.29 is 4.79 Å². The number of nitrogens with zero attached hydrogens (tertiary/aromatic N) is 3. The predicted octanol–water partition coefficient (Wildman–Crippen LogP) is 4.28. The number of piperidine rings is 1. The maximum Gasteiger partial charge on any atom is 0.270 e. The van der Waals surface area contributed by atoms with E-state index in [1.165, 1.54) is 44.9 Å². The van der Waals surface area contributed by atoms with E-state index in [-0.39, 0.29) is 17.7 Å². The summed E-state index contributed by atoms with van der Waals surface area (Å²) in [4.78, 5) is 22.5. The van der Waals surface area contributed by atoms with Crippen LogP contribution < -0.4 is 15.5 Å². The molecule has 0 bridgehead atoms. The molecule has 1 aromatic heterocycles. The minimum Gasteiger partial charge on any atom is -0.373 e. The molecule has 3 N–H and O–H groups in total. The van der Waals surface area contributed by atoms with Crippen LogP contribution in [-0.4, -0.2) is 67.3 Å². The highest BCUT2D eigenvalue weighted by Crippen LogP contribution is 2.23. The molecule has 1 amide bonds. The van der Waals surface area contributed by atoms with Crippen molar-refractivity contribution in [3.8, 4) is 0 Å². The number of hydrogen-bond acceptors (Lipinski definition) is 6. The number of rotatable bonds is 9. The molecule has 0 aliphatic carbocycles. The Labute approximate surface area is 200 Å². The highest BCUT2D eigenvalue weighted by atomic mass is 16.1. The van der Waals surface area contributed by atoms with Gasteiger partial charge in [0, 0.05) is 51.4 Å². The molecule has 0 spiro atoms. The number of pyridine rings is 1. The second kappa shape index (κ2) is 12.9. The predicted molar refractivity (Wildman–Crippen MR) is 138 cm³/mol. The first kappa shape index (κ1) is 25.5. The molecule has 3 rings (SSSR count). The minimum absolute atomic E-state index is 0.00920. The first-order valence-corrected chi connectivity index (χ1v) is 13.1. The number of anilines is 2. The maximum absolute atomic E-state index is 12.9. The van der Waals surface area contributed by atoms with Gasteiger partial charge in [-0.2, -0.15) is 0 Å². The second-order valence-electron chi connectivity index (χ2n) is 9.89. The number of nitrogens with one attached hydrogen (secondary N) is 3. The lowest BCUT2D eigenvalue weighted by Gasteiger charge is -2.34. The summed E-state index contributed by atoms with van der Waals surface area (Å²) in [6.07, 6.45) is 10.6. The number of aromatic nitrogens is 1. The number of likely N-dealkylation sites (tertiary alicyclic amines) is 1. The van der Waals surface area contributed by atoms with Gasteiger partial charge in [-0.05, 0) is 50.2 Å². The van der Waals surface area contributed by atoms with Crippen molar-refractivity contribution in [2.24, 2.45) is 5.92 Å². The monoisotopic (exact) mass is 456 g/mol. The smallest absolute Gasteiger partial charge is 0.270 e. The van der Waals surface area contributed by atoms with E-state index in [2.05, 4.69) is 34.3 Å². The fraction of sp³-hybridized carbons (Fsp3) is 0.731. The average Bonchev–Trinajstić information content (AvgIpc) is 2.79. The molecule has 2 aliphatic heterocycles. The molecule has 0 saturated carbocycles. The molecule has 2 saturated heterocycles. The highest BCUT2D eigenvalue weighted by molar-refractivity contribution is 6.45. The fourth-order valence-corrected chi connectivity index (χ4v) is 5.16. The average molecular weight is 457 g/mol. The molecule has 7 nitrogen and oxygen atoms in total. The number of hydrogen-bond donors (Lipinski definition) is 3. The van der Waals surface area contributed by atoms with Gasteiger partial charge in [0.1, 0.15) is 17.3 Å². The minimum atomic E-state index is -0.301. The van der Waals surface area contributed by atoms with Crippen molar-refractivity contribution in [1.29, 1.82) is 5.41 Å². The molecule has 1 atom stereocenters. The van der Waals surface area contributed by atoms with Crippen LogP contribution in [0.2, 0.25) is 0 Å². The molecule has 2 fully saturated rings. The third-order valence-electron chi connectivity index (χ3n) is 7.07. The molecule has 1 unspecified atom stereocenters. The lowest BCUT2D eigenvalue weighted by Crippen LogP contribution is -2.47. The van der Waals surface area contributed by atoms with Crippen LogP contribution >= 0.6 is 0 Å². The molecule has 33 heavy (non-hydrogen) atoms. The van der Waals surface area contributed by atoms with Crippen molar-refractivity contribution in [3.63, 3.8) is 0 Å². The summed E-state index contributed by atoms with van der Waals surface area (Å²) < 4.78 is 0. The molecular weight excluding hydrogens is 412 g/mol. The van der Waals surface area contributed by atoms with Crippen LogP contribution in [0, 0.1) is 11.3 Å². The molecular formula is C26H44N6O. The largest absolute Gasteiger partial charge is 0.373 e. The molecule has 1 aromatic rings. The SMILES string of the molecule is CCCC(C)CN1CCC(NC(=O)C(=N)c2ccc(N3CCCCCCC3)nc2NC)CC1. The Bertz CT molecular complexity index is 766. The van der Waals surface area contributed by atoms with Crippen LogP contribution in [0.5, 0.6) is 0 Å². The number of carbonyl (C=O) groups excluding carboxylic acids is 1. The van der Waals surface area contributed by atoms with Gasteiger partial charge in [-0.15, -0.1) is 0 Å². The van der Waals surface area contributed by atoms with E-state index in [0.717, 1.165) is 57.3 Å². The van der Waals surface area contributed by atoms with Crippen molar-refractivity contribution in [3.05, 3.63) is 17.7 Å². The number of carbonyl (C=O) groups is 1. The normalized spacial score (nSPS) is 19.4. The molecule has 2 aliphatic rings. The summed E-state index contributed by atoms with van der Waals surface area (Å²) in [5.74, 6) is 1.96. The van der Waals surface area contributed by atoms with E-state index in [9.17, 15) is 4.79 Å². The molecule has 184 valence electrons. The summed E-state index contributed by atoms with van der Waals surface area (Å²) in [5, 5.41) is 14.8. The highest BCUT2D eigenvalue weighted by Gasteiger charge is 2.25. The van der Waals surface area contributed by atoms with E-state index in [0.29, 0.717) is 11.4 Å².